The number of ether oxygens (including phenoxy) is 2. The highest BCUT2D eigenvalue weighted by molar-refractivity contribution is 7.85. The minimum atomic E-state index is -3.69. The molecule has 0 saturated carbocycles. The zero-order valence-corrected chi connectivity index (χ0v) is 11.5. The molecule has 0 bridgehead atoms. The third-order valence-electron chi connectivity index (χ3n) is 1.50. The van der Waals surface area contributed by atoms with Crippen LogP contribution in [0.1, 0.15) is 26.7 Å². The smallest absolute Gasteiger partial charge is 0.335 e. The summed E-state index contributed by atoms with van der Waals surface area (Å²) >= 11 is 0. The van der Waals surface area contributed by atoms with E-state index in [0.717, 1.165) is 6.42 Å². The third kappa shape index (κ3) is 17.4. The van der Waals surface area contributed by atoms with Crippen LogP contribution in [0.25, 0.3) is 0 Å². The van der Waals surface area contributed by atoms with Gasteiger partial charge in [0.25, 0.3) is 10.1 Å². The molecule has 7 nitrogen and oxygen atoms in total. The second-order valence-corrected chi connectivity index (χ2v) is 4.91. The van der Waals surface area contributed by atoms with Gasteiger partial charge in [-0.25, -0.2) is 4.79 Å². The monoisotopic (exact) mass is 283 g/mol. The van der Waals surface area contributed by atoms with E-state index in [1.165, 1.54) is 0 Å². The molecular weight excluding hydrogens is 262 g/mol. The molecule has 0 aliphatic rings. The minimum Gasteiger partial charge on any atom is -0.435 e. The number of esters is 1. The van der Waals surface area contributed by atoms with Gasteiger partial charge in [-0.15, -0.1) is 0 Å². The van der Waals surface area contributed by atoms with E-state index in [4.69, 9.17) is 10.3 Å². The Balaban J connectivity index is 0. The largest absolute Gasteiger partial charge is 0.435 e. The Morgan fingerprint density at radius 3 is 2.28 bits per heavy atom. The molecule has 0 unspecified atom stereocenters. The van der Waals surface area contributed by atoms with Crippen LogP contribution in [-0.4, -0.2) is 38.2 Å². The Kier molecular flexibility index (Phi) is 12.0. The lowest BCUT2D eigenvalue weighted by atomic mass is 10.4. The van der Waals surface area contributed by atoms with Gasteiger partial charge in [0.1, 0.15) is 0 Å². The van der Waals surface area contributed by atoms with Crippen LogP contribution in [0, 0.1) is 0 Å². The molecule has 0 radical (unpaired) electrons. The van der Waals surface area contributed by atoms with Crippen molar-refractivity contribution in [3.05, 3.63) is 12.2 Å². The topological polar surface area (TPSA) is 116 Å². The molecule has 0 aliphatic heterocycles. The molecular formula is C10H21NO6S. The molecule has 0 atom stereocenters. The molecule has 0 spiro atoms. The van der Waals surface area contributed by atoms with Crippen molar-refractivity contribution in [1.29, 1.82) is 0 Å². The summed E-state index contributed by atoms with van der Waals surface area (Å²) in [5, 5.41) is 0. The van der Waals surface area contributed by atoms with E-state index in [-0.39, 0.29) is 19.3 Å². The van der Waals surface area contributed by atoms with Crippen LogP contribution in [0.4, 0.5) is 0 Å². The van der Waals surface area contributed by atoms with E-state index in [2.05, 4.69) is 16.1 Å². The quantitative estimate of drug-likeness (QED) is 0.232. The van der Waals surface area contributed by atoms with Gasteiger partial charge in [-0.3, -0.25) is 4.55 Å². The highest BCUT2D eigenvalue weighted by atomic mass is 32.2. The van der Waals surface area contributed by atoms with Gasteiger partial charge < -0.3 is 15.2 Å². The van der Waals surface area contributed by atoms with Gasteiger partial charge in [-0.2, -0.15) is 8.42 Å². The predicted octanol–water partition coefficient (Wildman–Crippen LogP) is 0.670. The fraction of sp³-hybridized carbons (Fsp3) is 0.700. The Morgan fingerprint density at radius 1 is 1.44 bits per heavy atom. The molecule has 3 N–H and O–H groups in total. The Labute approximate surface area is 108 Å². The Morgan fingerprint density at radius 2 is 2.00 bits per heavy atom. The summed E-state index contributed by atoms with van der Waals surface area (Å²) in [5.74, 6) is -0.572. The number of hydrogen-bond acceptors (Lipinski definition) is 6. The number of nitrogens with two attached hydrogens (primary N) is 1. The number of rotatable bonds is 7. The van der Waals surface area contributed by atoms with E-state index in [0.29, 0.717) is 12.0 Å². The predicted molar refractivity (Wildman–Crippen MR) is 67.2 cm³/mol. The summed E-state index contributed by atoms with van der Waals surface area (Å²) in [7, 11) is -3.69. The molecule has 0 aromatic rings. The average molecular weight is 283 g/mol. The summed E-state index contributed by atoms with van der Waals surface area (Å²) in [6.45, 7) is 6.74. The molecule has 0 aromatic heterocycles. The average Bonchev–Trinajstić information content (AvgIpc) is 2.26. The van der Waals surface area contributed by atoms with E-state index >= 15 is 0 Å². The molecule has 108 valence electrons. The summed E-state index contributed by atoms with van der Waals surface area (Å²) in [6, 6.07) is 0. The zero-order chi connectivity index (χ0) is 14.6. The summed E-state index contributed by atoms with van der Waals surface area (Å²) in [4.78, 5) is 10.6. The Bertz CT molecular complexity index is 338. The van der Waals surface area contributed by atoms with Crippen molar-refractivity contribution < 1.29 is 27.2 Å². The van der Waals surface area contributed by atoms with E-state index in [1.54, 1.807) is 6.92 Å². The maximum Gasteiger partial charge on any atom is 0.335 e. The normalized spacial score (nSPS) is 10.2. The van der Waals surface area contributed by atoms with Gasteiger partial charge in [-0.1, -0.05) is 19.9 Å². The van der Waals surface area contributed by atoms with Crippen molar-refractivity contribution >= 4 is 16.1 Å². The first-order valence-electron chi connectivity index (χ1n) is 5.30. The lowest BCUT2D eigenvalue weighted by molar-refractivity contribution is -0.151. The first kappa shape index (κ1) is 19.4. The van der Waals surface area contributed by atoms with Gasteiger partial charge in [0.15, 0.2) is 6.79 Å². The van der Waals surface area contributed by atoms with E-state index in [1.807, 2.05) is 6.92 Å². The van der Waals surface area contributed by atoms with Crippen molar-refractivity contribution in [3.8, 4) is 0 Å². The van der Waals surface area contributed by atoms with Crippen LogP contribution in [-0.2, 0) is 24.4 Å². The summed E-state index contributed by atoms with van der Waals surface area (Å²) in [5.41, 5.74) is 5.30. The minimum absolute atomic E-state index is 0.0451. The van der Waals surface area contributed by atoms with Crippen LogP contribution in [0.15, 0.2) is 12.2 Å². The fourth-order valence-corrected chi connectivity index (χ4v) is 1.25. The van der Waals surface area contributed by atoms with Crippen LogP contribution < -0.4 is 5.73 Å². The lowest BCUT2D eigenvalue weighted by Crippen LogP contribution is -2.12. The molecule has 0 amide bonds. The van der Waals surface area contributed by atoms with Crippen LogP contribution in [0.3, 0.4) is 0 Å². The van der Waals surface area contributed by atoms with Crippen molar-refractivity contribution in [2.75, 3.05) is 19.3 Å². The standard InChI is InChI=1S/C6H11NO3.C4H10O3S/c1-5(2)6(8)10-4-9-3-7;1-2-3-4-8(5,6)7/h1,3-4,7H2,2H3;2-4H2,1H3,(H,5,6,7). The van der Waals surface area contributed by atoms with Gasteiger partial charge in [-0.05, 0) is 13.3 Å². The summed E-state index contributed by atoms with van der Waals surface area (Å²) in [6.07, 6.45) is 1.33. The number of hydrogen-bond donors (Lipinski definition) is 2. The maximum absolute atomic E-state index is 10.6. The van der Waals surface area contributed by atoms with Crippen molar-refractivity contribution in [1.82, 2.24) is 0 Å². The van der Waals surface area contributed by atoms with Crippen molar-refractivity contribution in [3.63, 3.8) is 0 Å². The molecule has 0 saturated heterocycles. The van der Waals surface area contributed by atoms with Gasteiger partial charge in [0.2, 0.25) is 0 Å². The van der Waals surface area contributed by atoms with Gasteiger partial charge in [0.05, 0.1) is 12.5 Å². The van der Waals surface area contributed by atoms with E-state index in [9.17, 15) is 13.2 Å². The summed E-state index contributed by atoms with van der Waals surface area (Å²) < 4.78 is 37.1. The fourth-order valence-electron chi connectivity index (χ4n) is 0.593. The van der Waals surface area contributed by atoms with Crippen LogP contribution in [0.5, 0.6) is 0 Å². The molecule has 8 heteroatoms. The Hall–Kier alpha value is -0.960. The number of unbranched alkanes of at least 4 members (excludes halogenated alkanes) is 1. The zero-order valence-electron chi connectivity index (χ0n) is 10.7. The lowest BCUT2D eigenvalue weighted by Gasteiger charge is -2.02. The molecule has 0 fully saturated rings. The first-order valence-corrected chi connectivity index (χ1v) is 6.91. The maximum atomic E-state index is 10.6. The highest BCUT2D eigenvalue weighted by Crippen LogP contribution is 1.91. The molecule has 18 heavy (non-hydrogen) atoms. The van der Waals surface area contributed by atoms with Gasteiger partial charge >= 0.3 is 5.97 Å². The SMILES string of the molecule is C=C(C)C(=O)OCOCN.CCCCS(=O)(=O)O. The number of carbonyl (C=O) groups excluding carboxylic acids is 1. The van der Waals surface area contributed by atoms with Crippen LogP contribution in [0.2, 0.25) is 0 Å². The molecule has 0 rings (SSSR count). The molecule has 0 heterocycles. The van der Waals surface area contributed by atoms with Crippen molar-refractivity contribution in [2.45, 2.75) is 26.7 Å². The second kappa shape index (κ2) is 11.1. The molecule has 0 aromatic carbocycles. The molecule has 0 aliphatic carbocycles. The third-order valence-corrected chi connectivity index (χ3v) is 2.30. The van der Waals surface area contributed by atoms with E-state index < -0.39 is 16.1 Å². The first-order chi connectivity index (χ1) is 8.24. The second-order valence-electron chi connectivity index (χ2n) is 3.34. The van der Waals surface area contributed by atoms with Crippen molar-refractivity contribution in [2.24, 2.45) is 5.73 Å². The van der Waals surface area contributed by atoms with Gasteiger partial charge in [0, 0.05) is 5.57 Å². The van der Waals surface area contributed by atoms with Crippen LogP contribution >= 0.6 is 0 Å². The number of carbonyl (C=O) groups is 1. The highest BCUT2D eigenvalue weighted by Gasteiger charge is 2.01.